The van der Waals surface area contributed by atoms with Crippen molar-refractivity contribution >= 4 is 44.7 Å². The zero-order valence-electron chi connectivity index (χ0n) is 24.4. The van der Waals surface area contributed by atoms with Gasteiger partial charge in [-0.2, -0.15) is 4.31 Å². The SMILES string of the molecule is CC1CCN(c2ccc(S(=O)(=O)N3CC(=O)N(c4cc(-c5ccccc5)sc4C(=O)O)[C@H](C4CCCCC4)C3)cn2)CC1. The van der Waals surface area contributed by atoms with Gasteiger partial charge in [-0.25, -0.2) is 18.2 Å². The Labute approximate surface area is 257 Å². The number of carbonyl (C=O) groups excluding carboxylic acids is 1. The van der Waals surface area contributed by atoms with Crippen molar-refractivity contribution < 1.29 is 23.1 Å². The minimum absolute atomic E-state index is 0.0680. The Kier molecular flexibility index (Phi) is 8.57. The summed E-state index contributed by atoms with van der Waals surface area (Å²) in [5.74, 6) is 0.00741. The second-order valence-corrected chi connectivity index (χ2v) is 15.0. The van der Waals surface area contributed by atoms with Crippen molar-refractivity contribution in [3.05, 3.63) is 59.6 Å². The molecule has 0 radical (unpaired) electrons. The summed E-state index contributed by atoms with van der Waals surface area (Å²) in [7, 11) is -4.00. The van der Waals surface area contributed by atoms with Gasteiger partial charge in [-0.05, 0) is 61.3 Å². The molecule has 2 aliphatic heterocycles. The van der Waals surface area contributed by atoms with Gasteiger partial charge in [-0.3, -0.25) is 4.79 Å². The van der Waals surface area contributed by atoms with Gasteiger partial charge in [0, 0.05) is 30.7 Å². The highest BCUT2D eigenvalue weighted by Gasteiger charge is 2.44. The average Bonchev–Trinajstić information content (AvgIpc) is 3.47. The van der Waals surface area contributed by atoms with Crippen LogP contribution in [0.15, 0.2) is 59.6 Å². The van der Waals surface area contributed by atoms with E-state index >= 15 is 0 Å². The summed E-state index contributed by atoms with van der Waals surface area (Å²) in [4.78, 5) is 35.6. The van der Waals surface area contributed by atoms with E-state index in [2.05, 4.69) is 16.8 Å². The molecule has 1 saturated carbocycles. The van der Waals surface area contributed by atoms with Crippen molar-refractivity contribution in [2.24, 2.45) is 11.8 Å². The van der Waals surface area contributed by atoms with E-state index in [4.69, 9.17) is 0 Å². The normalized spacial score (nSPS) is 21.3. The Hall–Kier alpha value is -3.28. The van der Waals surface area contributed by atoms with Gasteiger partial charge in [0.25, 0.3) is 0 Å². The fourth-order valence-electron chi connectivity index (χ4n) is 6.70. The molecule has 4 heterocycles. The number of benzene rings is 1. The summed E-state index contributed by atoms with van der Waals surface area (Å²) in [6.45, 7) is 3.79. The van der Waals surface area contributed by atoms with Crippen LogP contribution in [0.2, 0.25) is 0 Å². The Morgan fingerprint density at radius 2 is 1.72 bits per heavy atom. The predicted molar refractivity (Wildman–Crippen MR) is 168 cm³/mol. The lowest BCUT2D eigenvalue weighted by Gasteiger charge is -2.44. The summed E-state index contributed by atoms with van der Waals surface area (Å²) in [5.41, 5.74) is 1.23. The number of aromatic carboxylic acids is 1. The topological polar surface area (TPSA) is 111 Å². The van der Waals surface area contributed by atoms with Gasteiger partial charge in [0.2, 0.25) is 15.9 Å². The van der Waals surface area contributed by atoms with E-state index in [9.17, 15) is 23.1 Å². The van der Waals surface area contributed by atoms with E-state index in [1.165, 1.54) is 10.5 Å². The summed E-state index contributed by atoms with van der Waals surface area (Å²) < 4.78 is 29.1. The maximum Gasteiger partial charge on any atom is 0.348 e. The number of rotatable bonds is 7. The third-order valence-electron chi connectivity index (χ3n) is 9.19. The molecule has 9 nitrogen and oxygen atoms in total. The van der Waals surface area contributed by atoms with Crippen molar-refractivity contribution in [2.45, 2.75) is 62.8 Å². The number of sulfonamides is 1. The highest BCUT2D eigenvalue weighted by Crippen LogP contribution is 2.42. The number of carboxylic acids is 1. The number of carbonyl (C=O) groups is 2. The third kappa shape index (κ3) is 6.07. The van der Waals surface area contributed by atoms with Crippen LogP contribution in [0, 0.1) is 11.8 Å². The molecule has 1 N–H and O–H groups in total. The Bertz CT molecular complexity index is 1560. The second-order valence-electron chi connectivity index (χ2n) is 12.0. The molecule has 11 heteroatoms. The largest absolute Gasteiger partial charge is 0.477 e. The summed E-state index contributed by atoms with van der Waals surface area (Å²) in [6.07, 6.45) is 8.40. The van der Waals surface area contributed by atoms with Crippen molar-refractivity contribution in [1.29, 1.82) is 0 Å². The van der Waals surface area contributed by atoms with Gasteiger partial charge in [0.15, 0.2) is 0 Å². The summed E-state index contributed by atoms with van der Waals surface area (Å²) >= 11 is 1.14. The first kappa shape index (κ1) is 29.8. The fourth-order valence-corrected chi connectivity index (χ4v) is 9.05. The molecule has 2 aromatic heterocycles. The highest BCUT2D eigenvalue weighted by atomic mass is 32.2. The number of pyridine rings is 1. The van der Waals surface area contributed by atoms with Crippen LogP contribution in [0.25, 0.3) is 10.4 Å². The minimum Gasteiger partial charge on any atom is -0.477 e. The number of nitrogens with zero attached hydrogens (tertiary/aromatic N) is 4. The molecule has 0 spiro atoms. The molecule has 1 atom stereocenters. The van der Waals surface area contributed by atoms with Crippen LogP contribution in [0.4, 0.5) is 11.5 Å². The highest BCUT2D eigenvalue weighted by molar-refractivity contribution is 7.89. The van der Waals surface area contributed by atoms with E-state index in [1.807, 2.05) is 30.3 Å². The summed E-state index contributed by atoms with van der Waals surface area (Å²) in [6, 6.07) is 14.2. The van der Waals surface area contributed by atoms with Crippen LogP contribution in [-0.2, 0) is 14.8 Å². The van der Waals surface area contributed by atoms with Crippen LogP contribution >= 0.6 is 11.3 Å². The van der Waals surface area contributed by atoms with Crippen molar-refractivity contribution in [2.75, 3.05) is 36.0 Å². The number of aromatic nitrogens is 1. The molecule has 6 rings (SSSR count). The number of amides is 1. The minimum atomic E-state index is -4.00. The Morgan fingerprint density at radius 1 is 1.00 bits per heavy atom. The van der Waals surface area contributed by atoms with E-state index in [-0.39, 0.29) is 28.8 Å². The molecule has 0 unspecified atom stereocenters. The van der Waals surface area contributed by atoms with Gasteiger partial charge in [-0.15, -0.1) is 11.3 Å². The third-order valence-corrected chi connectivity index (χ3v) is 12.1. The van der Waals surface area contributed by atoms with Gasteiger partial charge < -0.3 is 14.9 Å². The van der Waals surface area contributed by atoms with Crippen LogP contribution in [0.3, 0.4) is 0 Å². The molecular weight excluding hydrogens is 585 g/mol. The number of carboxylic acid groups (broad SMARTS) is 1. The van der Waals surface area contributed by atoms with Crippen molar-refractivity contribution in [3.63, 3.8) is 0 Å². The van der Waals surface area contributed by atoms with E-state index in [1.54, 1.807) is 23.1 Å². The molecule has 43 heavy (non-hydrogen) atoms. The van der Waals surface area contributed by atoms with Gasteiger partial charge >= 0.3 is 5.97 Å². The van der Waals surface area contributed by atoms with Crippen molar-refractivity contribution in [1.82, 2.24) is 9.29 Å². The lowest BCUT2D eigenvalue weighted by molar-refractivity contribution is -0.121. The monoisotopic (exact) mass is 622 g/mol. The predicted octanol–water partition coefficient (Wildman–Crippen LogP) is 5.73. The Morgan fingerprint density at radius 3 is 2.37 bits per heavy atom. The quantitative estimate of drug-likeness (QED) is 0.358. The molecule has 3 fully saturated rings. The first-order valence-corrected chi connectivity index (χ1v) is 17.4. The maximum atomic E-state index is 14.0. The van der Waals surface area contributed by atoms with Gasteiger partial charge in [0.05, 0.1) is 18.3 Å². The Balaban J connectivity index is 1.31. The number of piperazine rings is 1. The molecule has 3 aromatic rings. The van der Waals surface area contributed by atoms with Crippen LogP contribution in [0.5, 0.6) is 0 Å². The van der Waals surface area contributed by atoms with Gasteiger partial charge in [0.1, 0.15) is 15.6 Å². The number of hydrogen-bond donors (Lipinski definition) is 1. The lowest BCUT2D eigenvalue weighted by atomic mass is 9.82. The van der Waals surface area contributed by atoms with Crippen LogP contribution in [-0.4, -0.2) is 66.9 Å². The van der Waals surface area contributed by atoms with E-state index in [0.29, 0.717) is 11.6 Å². The second kappa shape index (κ2) is 12.4. The number of anilines is 2. The van der Waals surface area contributed by atoms with Crippen molar-refractivity contribution in [3.8, 4) is 10.4 Å². The molecule has 1 aromatic carbocycles. The van der Waals surface area contributed by atoms with Gasteiger partial charge in [-0.1, -0.05) is 56.5 Å². The number of piperidine rings is 1. The first-order chi connectivity index (χ1) is 20.7. The standard InChI is InChI=1S/C32H38N4O5S2/c1-22-14-16-34(17-15-22)29-13-12-25(19-33-29)43(40,41)35-20-27(23-8-4-2-5-9-23)36(30(37)21-35)26-18-28(42-31(26)32(38)39)24-10-6-3-7-11-24/h3,6-7,10-13,18-19,22-23,27H,2,4-5,8-9,14-17,20-21H2,1H3,(H,38,39)/t27-/m0/s1. The molecule has 0 bridgehead atoms. The van der Waals surface area contributed by atoms with Crippen LogP contribution < -0.4 is 9.80 Å². The lowest BCUT2D eigenvalue weighted by Crippen LogP contribution is -2.60. The molecular formula is C32H38N4O5S2. The summed E-state index contributed by atoms with van der Waals surface area (Å²) in [5, 5.41) is 10.2. The number of hydrogen-bond acceptors (Lipinski definition) is 7. The van der Waals surface area contributed by atoms with E-state index in [0.717, 1.165) is 85.6 Å². The smallest absolute Gasteiger partial charge is 0.348 e. The molecule has 228 valence electrons. The molecule has 1 aliphatic carbocycles. The molecule has 1 amide bonds. The maximum absolute atomic E-state index is 14.0. The zero-order valence-corrected chi connectivity index (χ0v) is 26.0. The fraction of sp³-hybridized carbons (Fsp3) is 0.469. The molecule has 3 aliphatic rings. The average molecular weight is 623 g/mol. The molecule has 2 saturated heterocycles. The number of thiophene rings is 1. The first-order valence-electron chi connectivity index (χ1n) is 15.2. The zero-order chi connectivity index (χ0) is 30.1. The van der Waals surface area contributed by atoms with Crippen LogP contribution in [0.1, 0.15) is 61.5 Å². The van der Waals surface area contributed by atoms with E-state index < -0.39 is 27.9 Å².